The molecule has 0 aliphatic carbocycles. The van der Waals surface area contributed by atoms with Gasteiger partial charge in [0.25, 0.3) is 0 Å². The number of halogens is 2. The van der Waals surface area contributed by atoms with E-state index in [4.69, 9.17) is 0 Å². The maximum atomic E-state index is 13.6. The molecular formula is C19H22F2N2O. The first-order valence-corrected chi connectivity index (χ1v) is 8.01. The number of amides is 1. The fourth-order valence-electron chi connectivity index (χ4n) is 2.55. The van der Waals surface area contributed by atoms with E-state index in [1.165, 1.54) is 18.2 Å². The summed E-state index contributed by atoms with van der Waals surface area (Å²) < 4.78 is 26.6. The van der Waals surface area contributed by atoms with Crippen LogP contribution in [0.3, 0.4) is 0 Å². The highest BCUT2D eigenvalue weighted by atomic mass is 19.1. The van der Waals surface area contributed by atoms with Gasteiger partial charge in [0.1, 0.15) is 11.6 Å². The van der Waals surface area contributed by atoms with E-state index in [9.17, 15) is 13.6 Å². The average molecular weight is 332 g/mol. The molecule has 2 rings (SSSR count). The first-order chi connectivity index (χ1) is 11.5. The van der Waals surface area contributed by atoms with Crippen LogP contribution in [0.4, 0.5) is 8.78 Å². The number of likely N-dealkylation sites (N-methyl/N-ethyl adjacent to an activating group) is 1. The maximum Gasteiger partial charge on any atom is 0.234 e. The summed E-state index contributed by atoms with van der Waals surface area (Å²) in [5.41, 5.74) is 1.40. The lowest BCUT2D eigenvalue weighted by atomic mass is 10.1. The van der Waals surface area contributed by atoms with Gasteiger partial charge < -0.3 is 5.32 Å². The van der Waals surface area contributed by atoms with Gasteiger partial charge in [0.2, 0.25) is 5.91 Å². The fourth-order valence-corrected chi connectivity index (χ4v) is 2.55. The van der Waals surface area contributed by atoms with E-state index in [0.717, 1.165) is 5.56 Å². The second-order valence-electron chi connectivity index (χ2n) is 5.66. The minimum absolute atomic E-state index is 0.0187. The number of benzene rings is 2. The zero-order chi connectivity index (χ0) is 17.5. The average Bonchev–Trinajstić information content (AvgIpc) is 2.59. The zero-order valence-corrected chi connectivity index (χ0v) is 13.9. The molecule has 0 fully saturated rings. The smallest absolute Gasteiger partial charge is 0.234 e. The van der Waals surface area contributed by atoms with Crippen LogP contribution in [0.25, 0.3) is 0 Å². The van der Waals surface area contributed by atoms with Gasteiger partial charge in [-0.25, -0.2) is 8.78 Å². The van der Waals surface area contributed by atoms with Crippen LogP contribution in [0.15, 0.2) is 48.5 Å². The maximum absolute atomic E-state index is 13.6. The largest absolute Gasteiger partial charge is 0.351 e. The third-order valence-electron chi connectivity index (χ3n) is 4.09. The van der Waals surface area contributed by atoms with Crippen LogP contribution in [0.1, 0.15) is 31.0 Å². The lowest BCUT2D eigenvalue weighted by Gasteiger charge is -2.27. The fraction of sp³-hybridized carbons (Fsp3) is 0.316. The first-order valence-electron chi connectivity index (χ1n) is 8.01. The van der Waals surface area contributed by atoms with E-state index in [0.29, 0.717) is 12.1 Å². The summed E-state index contributed by atoms with van der Waals surface area (Å²) in [5.74, 6) is -0.782. The van der Waals surface area contributed by atoms with Gasteiger partial charge in [0.15, 0.2) is 0 Å². The monoisotopic (exact) mass is 332 g/mol. The van der Waals surface area contributed by atoms with Gasteiger partial charge in [-0.15, -0.1) is 0 Å². The molecule has 1 amide bonds. The Morgan fingerprint density at radius 2 is 1.79 bits per heavy atom. The van der Waals surface area contributed by atoms with Gasteiger partial charge in [-0.1, -0.05) is 37.3 Å². The molecule has 128 valence electrons. The molecule has 24 heavy (non-hydrogen) atoms. The minimum Gasteiger partial charge on any atom is -0.351 e. The molecule has 0 aromatic heterocycles. The molecule has 0 radical (unpaired) electrons. The number of hydrogen-bond acceptors (Lipinski definition) is 2. The van der Waals surface area contributed by atoms with Crippen LogP contribution in [-0.4, -0.2) is 23.9 Å². The van der Waals surface area contributed by atoms with E-state index in [1.54, 1.807) is 30.3 Å². The van der Waals surface area contributed by atoms with Crippen molar-refractivity contribution in [3.8, 4) is 0 Å². The van der Waals surface area contributed by atoms with Gasteiger partial charge in [-0.2, -0.15) is 0 Å². The normalized spacial score (nSPS) is 12.2. The van der Waals surface area contributed by atoms with E-state index in [1.807, 2.05) is 18.7 Å². The molecule has 2 aromatic rings. The lowest BCUT2D eigenvalue weighted by molar-refractivity contribution is -0.122. The third kappa shape index (κ3) is 4.86. The van der Waals surface area contributed by atoms with Crippen molar-refractivity contribution in [2.45, 2.75) is 26.4 Å². The Hall–Kier alpha value is -2.27. The third-order valence-corrected chi connectivity index (χ3v) is 4.09. The van der Waals surface area contributed by atoms with Crippen LogP contribution in [-0.2, 0) is 11.3 Å². The Bertz CT molecular complexity index is 673. The summed E-state index contributed by atoms with van der Waals surface area (Å²) >= 11 is 0. The van der Waals surface area contributed by atoms with Crippen LogP contribution < -0.4 is 5.32 Å². The molecule has 0 heterocycles. The van der Waals surface area contributed by atoms with Crippen molar-refractivity contribution in [3.63, 3.8) is 0 Å². The summed E-state index contributed by atoms with van der Waals surface area (Å²) in [4.78, 5) is 14.1. The Labute approximate surface area is 141 Å². The van der Waals surface area contributed by atoms with Crippen LogP contribution >= 0.6 is 0 Å². The number of nitrogens with one attached hydrogen (secondary N) is 1. The quantitative estimate of drug-likeness (QED) is 0.839. The van der Waals surface area contributed by atoms with Crippen LogP contribution in [0.5, 0.6) is 0 Å². The van der Waals surface area contributed by atoms with Crippen molar-refractivity contribution in [1.29, 1.82) is 0 Å². The van der Waals surface area contributed by atoms with Gasteiger partial charge in [0, 0.05) is 18.2 Å². The number of carbonyl (C=O) groups is 1. The molecule has 5 heteroatoms. The van der Waals surface area contributed by atoms with Crippen molar-refractivity contribution in [1.82, 2.24) is 10.2 Å². The van der Waals surface area contributed by atoms with Gasteiger partial charge in [-0.3, -0.25) is 9.69 Å². The topological polar surface area (TPSA) is 32.3 Å². The predicted molar refractivity (Wildman–Crippen MR) is 90.3 cm³/mol. The van der Waals surface area contributed by atoms with E-state index < -0.39 is 0 Å². The summed E-state index contributed by atoms with van der Waals surface area (Å²) in [6, 6.07) is 12.6. The highest BCUT2D eigenvalue weighted by Gasteiger charge is 2.17. The summed E-state index contributed by atoms with van der Waals surface area (Å²) in [6.07, 6.45) is 0. The van der Waals surface area contributed by atoms with E-state index >= 15 is 0 Å². The molecule has 1 N–H and O–H groups in total. The lowest BCUT2D eigenvalue weighted by Crippen LogP contribution is -2.38. The molecule has 0 aliphatic rings. The molecule has 0 saturated heterocycles. The zero-order valence-electron chi connectivity index (χ0n) is 13.9. The standard InChI is InChI=1S/C19H22F2N2O/c1-3-23(14(2)15-8-10-17(20)11-9-15)13-19(24)22-12-16-6-4-5-7-18(16)21/h4-11,14H,3,12-13H2,1-2H3,(H,22,24). The molecular weight excluding hydrogens is 310 g/mol. The Kier molecular flexibility index (Phi) is 6.44. The molecule has 2 aromatic carbocycles. The molecule has 0 spiro atoms. The molecule has 3 nitrogen and oxygen atoms in total. The predicted octanol–water partition coefficient (Wildman–Crippen LogP) is 3.66. The van der Waals surface area contributed by atoms with Crippen molar-refractivity contribution >= 4 is 5.91 Å². The van der Waals surface area contributed by atoms with Crippen molar-refractivity contribution in [3.05, 3.63) is 71.3 Å². The van der Waals surface area contributed by atoms with E-state index in [-0.39, 0.29) is 36.7 Å². The highest BCUT2D eigenvalue weighted by molar-refractivity contribution is 5.78. The Balaban J connectivity index is 1.93. The molecule has 1 atom stereocenters. The number of rotatable bonds is 7. The summed E-state index contributed by atoms with van der Waals surface area (Å²) in [5, 5.41) is 2.74. The van der Waals surface area contributed by atoms with Crippen molar-refractivity contribution in [2.24, 2.45) is 0 Å². The summed E-state index contributed by atoms with van der Waals surface area (Å²) in [7, 11) is 0. The van der Waals surface area contributed by atoms with Crippen LogP contribution in [0.2, 0.25) is 0 Å². The molecule has 0 bridgehead atoms. The first kappa shape index (κ1) is 18.1. The molecule has 0 aliphatic heterocycles. The van der Waals surface area contributed by atoms with Crippen molar-refractivity contribution in [2.75, 3.05) is 13.1 Å². The highest BCUT2D eigenvalue weighted by Crippen LogP contribution is 2.19. The Morgan fingerprint density at radius 3 is 2.42 bits per heavy atom. The van der Waals surface area contributed by atoms with E-state index in [2.05, 4.69) is 5.32 Å². The molecule has 1 unspecified atom stereocenters. The minimum atomic E-state index is -0.329. The number of hydrogen-bond donors (Lipinski definition) is 1. The Morgan fingerprint density at radius 1 is 1.12 bits per heavy atom. The SMILES string of the molecule is CCN(CC(=O)NCc1ccccc1F)C(C)c1ccc(F)cc1. The van der Waals surface area contributed by atoms with Gasteiger partial charge in [-0.05, 0) is 37.2 Å². The van der Waals surface area contributed by atoms with Crippen LogP contribution in [0, 0.1) is 11.6 Å². The van der Waals surface area contributed by atoms with Gasteiger partial charge >= 0.3 is 0 Å². The van der Waals surface area contributed by atoms with Gasteiger partial charge in [0.05, 0.1) is 6.54 Å². The molecule has 0 saturated carbocycles. The van der Waals surface area contributed by atoms with Crippen molar-refractivity contribution < 1.29 is 13.6 Å². The summed E-state index contributed by atoms with van der Waals surface area (Å²) in [6.45, 7) is 4.97. The second-order valence-corrected chi connectivity index (χ2v) is 5.66. The number of nitrogens with zero attached hydrogens (tertiary/aromatic N) is 1. The second kappa shape index (κ2) is 8.55. The number of carbonyl (C=O) groups excluding carboxylic acids is 1.